The van der Waals surface area contributed by atoms with Crippen LogP contribution in [0.15, 0.2) is 65.6 Å². The molecule has 7 nitrogen and oxygen atoms in total. The van der Waals surface area contributed by atoms with Crippen molar-refractivity contribution in [3.63, 3.8) is 0 Å². The van der Waals surface area contributed by atoms with E-state index >= 15 is 0 Å². The summed E-state index contributed by atoms with van der Waals surface area (Å²) in [5, 5.41) is 4.60. The molecule has 3 aromatic carbocycles. The average molecular weight is 464 g/mol. The van der Waals surface area contributed by atoms with Crippen LogP contribution in [0.4, 0.5) is 11.4 Å². The Labute approximate surface area is 193 Å². The van der Waals surface area contributed by atoms with Crippen molar-refractivity contribution in [3.05, 3.63) is 66.2 Å². The van der Waals surface area contributed by atoms with Gasteiger partial charge in [0, 0.05) is 29.7 Å². The Balaban J connectivity index is 1.28. The van der Waals surface area contributed by atoms with Crippen LogP contribution >= 0.6 is 0 Å². The minimum absolute atomic E-state index is 0.125. The SMILES string of the molecule is O=C(CN1C(=O)c2cccc3cccc1c23)Nc1ccc(S(=O)(=O)N2CCCCCC2)cc1. The summed E-state index contributed by atoms with van der Waals surface area (Å²) in [5.41, 5.74) is 1.80. The predicted molar refractivity (Wildman–Crippen MR) is 128 cm³/mol. The van der Waals surface area contributed by atoms with Gasteiger partial charge in [-0.3, -0.25) is 14.5 Å². The molecule has 0 saturated carbocycles. The van der Waals surface area contributed by atoms with Gasteiger partial charge in [-0.05, 0) is 54.6 Å². The van der Waals surface area contributed by atoms with Gasteiger partial charge in [-0.2, -0.15) is 4.31 Å². The highest BCUT2D eigenvalue weighted by atomic mass is 32.2. The van der Waals surface area contributed by atoms with Crippen molar-refractivity contribution in [3.8, 4) is 0 Å². The van der Waals surface area contributed by atoms with Crippen LogP contribution in [-0.2, 0) is 14.8 Å². The zero-order valence-electron chi connectivity index (χ0n) is 18.2. The lowest BCUT2D eigenvalue weighted by molar-refractivity contribution is -0.114. The molecule has 0 bridgehead atoms. The molecule has 0 aromatic heterocycles. The number of rotatable bonds is 5. The number of sulfonamides is 1. The van der Waals surface area contributed by atoms with Crippen molar-refractivity contribution in [1.82, 2.24) is 4.31 Å². The third kappa shape index (κ3) is 4.00. The normalized spacial score (nSPS) is 16.7. The molecule has 1 saturated heterocycles. The average Bonchev–Trinajstić information content (AvgIpc) is 3.00. The molecule has 3 aromatic rings. The lowest BCUT2D eigenvalue weighted by atomic mass is 10.1. The number of carbonyl (C=O) groups is 2. The van der Waals surface area contributed by atoms with Crippen LogP contribution in [0.25, 0.3) is 10.8 Å². The first kappa shape index (κ1) is 21.6. The Morgan fingerprint density at radius 1 is 0.879 bits per heavy atom. The molecule has 0 radical (unpaired) electrons. The molecule has 2 amide bonds. The summed E-state index contributed by atoms with van der Waals surface area (Å²) in [4.78, 5) is 27.3. The maximum absolute atomic E-state index is 12.9. The molecule has 0 atom stereocenters. The van der Waals surface area contributed by atoms with Gasteiger partial charge in [-0.25, -0.2) is 8.42 Å². The van der Waals surface area contributed by atoms with E-state index in [4.69, 9.17) is 0 Å². The summed E-state index contributed by atoms with van der Waals surface area (Å²) in [6.07, 6.45) is 3.85. The zero-order chi connectivity index (χ0) is 23.0. The van der Waals surface area contributed by atoms with Gasteiger partial charge in [0.25, 0.3) is 5.91 Å². The van der Waals surface area contributed by atoms with E-state index in [2.05, 4.69) is 5.32 Å². The second-order valence-corrected chi connectivity index (χ2v) is 10.4. The van der Waals surface area contributed by atoms with Crippen molar-refractivity contribution in [2.75, 3.05) is 29.9 Å². The standard InChI is InChI=1S/C25H25N3O4S/c29-23(17-28-22-10-6-8-18-7-5-9-21(24(18)22)25(28)30)26-19-11-13-20(14-12-19)33(31,32)27-15-3-1-2-4-16-27/h5-14H,1-4,15-17H2,(H,26,29). The monoisotopic (exact) mass is 463 g/mol. The minimum atomic E-state index is -3.54. The van der Waals surface area contributed by atoms with Crippen molar-refractivity contribution >= 4 is 44.0 Å². The molecule has 8 heteroatoms. The summed E-state index contributed by atoms with van der Waals surface area (Å²) in [6, 6.07) is 17.4. The van der Waals surface area contributed by atoms with Crippen molar-refractivity contribution in [1.29, 1.82) is 0 Å². The largest absolute Gasteiger partial charge is 0.325 e. The van der Waals surface area contributed by atoms with Crippen molar-refractivity contribution in [2.24, 2.45) is 0 Å². The molecule has 0 aliphatic carbocycles. The molecule has 2 aliphatic rings. The first-order valence-corrected chi connectivity index (χ1v) is 12.6. The van der Waals surface area contributed by atoms with Gasteiger partial charge in [0.2, 0.25) is 15.9 Å². The molecule has 33 heavy (non-hydrogen) atoms. The van der Waals surface area contributed by atoms with E-state index in [1.807, 2.05) is 30.3 Å². The van der Waals surface area contributed by atoms with Crippen LogP contribution in [0.5, 0.6) is 0 Å². The van der Waals surface area contributed by atoms with Gasteiger partial charge < -0.3 is 5.32 Å². The number of anilines is 2. The maximum atomic E-state index is 12.9. The fourth-order valence-electron chi connectivity index (χ4n) is 4.62. The molecule has 2 heterocycles. The van der Waals surface area contributed by atoms with Gasteiger partial charge in [0.15, 0.2) is 0 Å². The molecule has 170 valence electrons. The minimum Gasteiger partial charge on any atom is -0.325 e. The van der Waals surface area contributed by atoms with Crippen LogP contribution in [0.1, 0.15) is 36.0 Å². The summed E-state index contributed by atoms with van der Waals surface area (Å²) in [5.74, 6) is -0.549. The van der Waals surface area contributed by atoms with E-state index in [1.54, 1.807) is 22.5 Å². The highest BCUT2D eigenvalue weighted by molar-refractivity contribution is 7.89. The number of carbonyl (C=O) groups excluding carboxylic acids is 2. The molecular formula is C25H25N3O4S. The highest BCUT2D eigenvalue weighted by Crippen LogP contribution is 2.37. The number of amides is 2. The smallest absolute Gasteiger partial charge is 0.259 e. The fourth-order valence-corrected chi connectivity index (χ4v) is 6.14. The lowest BCUT2D eigenvalue weighted by Gasteiger charge is -2.20. The van der Waals surface area contributed by atoms with Gasteiger partial charge in [-0.15, -0.1) is 0 Å². The summed E-state index contributed by atoms with van der Waals surface area (Å²) < 4.78 is 27.4. The summed E-state index contributed by atoms with van der Waals surface area (Å²) in [7, 11) is -3.54. The maximum Gasteiger partial charge on any atom is 0.259 e. The van der Waals surface area contributed by atoms with E-state index in [1.165, 1.54) is 17.0 Å². The second kappa shape index (κ2) is 8.61. The molecule has 2 aliphatic heterocycles. The van der Waals surface area contributed by atoms with Crippen molar-refractivity contribution in [2.45, 2.75) is 30.6 Å². The van der Waals surface area contributed by atoms with Gasteiger partial charge in [-0.1, -0.05) is 37.1 Å². The second-order valence-electron chi connectivity index (χ2n) is 8.46. The van der Waals surface area contributed by atoms with E-state index in [0.29, 0.717) is 24.3 Å². The van der Waals surface area contributed by atoms with Gasteiger partial charge in [0.05, 0.1) is 10.6 Å². The Bertz CT molecular complexity index is 1320. The topological polar surface area (TPSA) is 86.8 Å². The number of benzene rings is 3. The van der Waals surface area contributed by atoms with Crippen LogP contribution in [-0.4, -0.2) is 44.2 Å². The third-order valence-electron chi connectivity index (χ3n) is 6.29. The van der Waals surface area contributed by atoms with Crippen LogP contribution in [0, 0.1) is 0 Å². The van der Waals surface area contributed by atoms with E-state index in [-0.39, 0.29) is 23.3 Å². The van der Waals surface area contributed by atoms with E-state index in [0.717, 1.165) is 42.1 Å². The van der Waals surface area contributed by atoms with Crippen LogP contribution in [0.3, 0.4) is 0 Å². The Morgan fingerprint density at radius 3 is 2.24 bits per heavy atom. The molecule has 1 fully saturated rings. The zero-order valence-corrected chi connectivity index (χ0v) is 19.0. The van der Waals surface area contributed by atoms with Crippen LogP contribution < -0.4 is 10.2 Å². The summed E-state index contributed by atoms with van der Waals surface area (Å²) in [6.45, 7) is 0.958. The van der Waals surface area contributed by atoms with Gasteiger partial charge in [0.1, 0.15) is 6.54 Å². The number of hydrogen-bond acceptors (Lipinski definition) is 4. The van der Waals surface area contributed by atoms with E-state index < -0.39 is 10.0 Å². The predicted octanol–water partition coefficient (Wildman–Crippen LogP) is 4.00. The van der Waals surface area contributed by atoms with Crippen molar-refractivity contribution < 1.29 is 18.0 Å². The fraction of sp³-hybridized carbons (Fsp3) is 0.280. The van der Waals surface area contributed by atoms with E-state index in [9.17, 15) is 18.0 Å². The molecular weight excluding hydrogens is 438 g/mol. The molecule has 1 N–H and O–H groups in total. The Kier molecular flexibility index (Phi) is 5.64. The highest BCUT2D eigenvalue weighted by Gasteiger charge is 2.31. The Hall–Kier alpha value is -3.23. The quantitative estimate of drug-likeness (QED) is 0.620. The number of hydrogen-bond donors (Lipinski definition) is 1. The molecule has 5 rings (SSSR count). The lowest BCUT2D eigenvalue weighted by Crippen LogP contribution is -2.35. The van der Waals surface area contributed by atoms with Crippen LogP contribution in [0.2, 0.25) is 0 Å². The molecule has 0 unspecified atom stereocenters. The number of nitrogens with zero attached hydrogens (tertiary/aromatic N) is 2. The Morgan fingerprint density at radius 2 is 1.55 bits per heavy atom. The first-order valence-electron chi connectivity index (χ1n) is 11.2. The summed E-state index contributed by atoms with van der Waals surface area (Å²) >= 11 is 0. The number of nitrogens with one attached hydrogen (secondary N) is 1. The molecule has 0 spiro atoms. The third-order valence-corrected chi connectivity index (χ3v) is 8.20. The van der Waals surface area contributed by atoms with Gasteiger partial charge >= 0.3 is 0 Å². The first-order chi connectivity index (χ1) is 15.9.